The fourth-order valence-corrected chi connectivity index (χ4v) is 4.01. The Labute approximate surface area is 169 Å². The van der Waals surface area contributed by atoms with Crippen LogP contribution in [0.5, 0.6) is 11.5 Å². The minimum atomic E-state index is 0.589. The first-order chi connectivity index (χ1) is 13.5. The number of benzene rings is 1. The van der Waals surface area contributed by atoms with Gasteiger partial charge >= 0.3 is 0 Å². The summed E-state index contributed by atoms with van der Waals surface area (Å²) in [5.74, 6) is 3.71. The lowest BCUT2D eigenvalue weighted by Gasteiger charge is -2.37. The molecule has 0 N–H and O–H groups in total. The summed E-state index contributed by atoms with van der Waals surface area (Å²) in [4.78, 5) is 5.03. The number of furan rings is 1. The third-order valence-corrected chi connectivity index (χ3v) is 5.90. The highest BCUT2D eigenvalue weighted by atomic mass is 16.5. The van der Waals surface area contributed by atoms with E-state index >= 15 is 0 Å². The highest BCUT2D eigenvalue weighted by Crippen LogP contribution is 2.28. The van der Waals surface area contributed by atoms with Gasteiger partial charge in [0.2, 0.25) is 0 Å². The average molecular weight is 387 g/mol. The number of hydrogen-bond acceptors (Lipinski definition) is 5. The van der Waals surface area contributed by atoms with Crippen molar-refractivity contribution in [1.29, 1.82) is 0 Å². The van der Waals surface area contributed by atoms with E-state index in [4.69, 9.17) is 13.9 Å². The summed E-state index contributed by atoms with van der Waals surface area (Å²) in [6.07, 6.45) is 3.50. The van der Waals surface area contributed by atoms with Gasteiger partial charge in [-0.1, -0.05) is 6.07 Å². The molecular weight excluding hydrogens is 352 g/mol. The summed E-state index contributed by atoms with van der Waals surface area (Å²) < 4.78 is 16.6. The van der Waals surface area contributed by atoms with E-state index in [0.29, 0.717) is 6.04 Å². The van der Waals surface area contributed by atoms with Gasteiger partial charge in [-0.05, 0) is 76.0 Å². The molecule has 0 bridgehead atoms. The quantitative estimate of drug-likeness (QED) is 0.684. The molecule has 0 aliphatic carbocycles. The molecule has 1 atom stereocenters. The first kappa shape index (κ1) is 20.7. The van der Waals surface area contributed by atoms with Crippen LogP contribution in [0.25, 0.3) is 0 Å². The lowest BCUT2D eigenvalue weighted by molar-refractivity contribution is 0.107. The Balaban J connectivity index is 1.53. The van der Waals surface area contributed by atoms with E-state index in [1.165, 1.54) is 24.0 Å². The van der Waals surface area contributed by atoms with E-state index in [1.807, 2.05) is 13.0 Å². The van der Waals surface area contributed by atoms with Crippen LogP contribution in [-0.4, -0.2) is 56.7 Å². The maximum Gasteiger partial charge on any atom is 0.160 e. The van der Waals surface area contributed by atoms with Gasteiger partial charge in [-0.15, -0.1) is 0 Å². The number of methoxy groups -OCH3 is 2. The van der Waals surface area contributed by atoms with Gasteiger partial charge in [0.1, 0.15) is 11.5 Å². The van der Waals surface area contributed by atoms with Crippen molar-refractivity contribution in [3.8, 4) is 11.5 Å². The zero-order valence-corrected chi connectivity index (χ0v) is 18.0. The second kappa shape index (κ2) is 9.48. The fourth-order valence-electron chi connectivity index (χ4n) is 4.01. The molecule has 1 saturated heterocycles. The van der Waals surface area contributed by atoms with Crippen LogP contribution in [0.3, 0.4) is 0 Å². The van der Waals surface area contributed by atoms with Crippen LogP contribution in [0.15, 0.2) is 28.7 Å². The molecule has 0 amide bonds. The van der Waals surface area contributed by atoms with Gasteiger partial charge in [0, 0.05) is 19.1 Å². The van der Waals surface area contributed by atoms with Gasteiger partial charge in [-0.2, -0.15) is 0 Å². The monoisotopic (exact) mass is 386 g/mol. The Hall–Kier alpha value is -1.98. The van der Waals surface area contributed by atoms with Crippen LogP contribution in [0.1, 0.15) is 35.5 Å². The second-order valence-corrected chi connectivity index (χ2v) is 7.90. The molecule has 2 heterocycles. The smallest absolute Gasteiger partial charge is 0.160 e. The van der Waals surface area contributed by atoms with Crippen LogP contribution in [0.4, 0.5) is 0 Å². The predicted molar refractivity (Wildman–Crippen MR) is 112 cm³/mol. The maximum atomic E-state index is 5.88. The minimum absolute atomic E-state index is 0.589. The summed E-state index contributed by atoms with van der Waals surface area (Å²) in [6.45, 7) is 8.35. The van der Waals surface area contributed by atoms with E-state index in [1.54, 1.807) is 14.2 Å². The normalized spacial score (nSPS) is 17.9. The molecule has 2 aromatic rings. The first-order valence-corrected chi connectivity index (χ1v) is 10.2. The minimum Gasteiger partial charge on any atom is -0.493 e. The number of hydrogen-bond donors (Lipinski definition) is 0. The number of piperidine rings is 1. The third-order valence-electron chi connectivity index (χ3n) is 5.90. The van der Waals surface area contributed by atoms with Crippen LogP contribution >= 0.6 is 0 Å². The number of likely N-dealkylation sites (tertiary alicyclic amines) is 1. The standard InChI is InChI=1S/C23H34N2O3/c1-17-13-21(28-18(17)2)16-25-11-6-7-20(15-25)24(3)12-10-19-8-9-22(26-4)23(14-19)27-5/h8-9,13-14,20H,6-7,10-12,15-16H2,1-5H3. The lowest BCUT2D eigenvalue weighted by atomic mass is 10.0. The molecule has 1 aromatic heterocycles. The van der Waals surface area contributed by atoms with Gasteiger partial charge in [0.05, 0.1) is 20.8 Å². The van der Waals surface area contributed by atoms with E-state index in [0.717, 1.165) is 55.6 Å². The molecule has 1 fully saturated rings. The number of nitrogens with zero attached hydrogens (tertiary/aromatic N) is 2. The van der Waals surface area contributed by atoms with Crippen molar-refractivity contribution in [2.75, 3.05) is 40.9 Å². The van der Waals surface area contributed by atoms with Crippen LogP contribution in [0.2, 0.25) is 0 Å². The summed E-state index contributed by atoms with van der Waals surface area (Å²) in [6, 6.07) is 8.97. The Morgan fingerprint density at radius 1 is 1.14 bits per heavy atom. The van der Waals surface area contributed by atoms with Crippen molar-refractivity contribution >= 4 is 0 Å². The summed E-state index contributed by atoms with van der Waals surface area (Å²) >= 11 is 0. The van der Waals surface area contributed by atoms with Gasteiger partial charge in [0.25, 0.3) is 0 Å². The molecule has 0 radical (unpaired) electrons. The van der Waals surface area contributed by atoms with E-state index in [-0.39, 0.29) is 0 Å². The summed E-state index contributed by atoms with van der Waals surface area (Å²) in [5.41, 5.74) is 2.52. The molecule has 1 aliphatic heterocycles. The first-order valence-electron chi connectivity index (χ1n) is 10.2. The average Bonchev–Trinajstić information content (AvgIpc) is 3.02. The highest BCUT2D eigenvalue weighted by Gasteiger charge is 2.24. The molecule has 28 heavy (non-hydrogen) atoms. The number of ether oxygens (including phenoxy) is 2. The zero-order valence-electron chi connectivity index (χ0n) is 18.0. The van der Waals surface area contributed by atoms with Crippen LogP contribution < -0.4 is 9.47 Å². The highest BCUT2D eigenvalue weighted by molar-refractivity contribution is 5.42. The van der Waals surface area contributed by atoms with E-state index in [2.05, 4.69) is 42.0 Å². The van der Waals surface area contributed by atoms with Gasteiger partial charge < -0.3 is 18.8 Å². The maximum absolute atomic E-state index is 5.88. The van der Waals surface area contributed by atoms with E-state index < -0.39 is 0 Å². The predicted octanol–water partition coefficient (Wildman–Crippen LogP) is 4.05. The molecule has 3 rings (SSSR count). The van der Waals surface area contributed by atoms with Crippen LogP contribution in [-0.2, 0) is 13.0 Å². The van der Waals surface area contributed by atoms with Gasteiger partial charge in [-0.25, -0.2) is 0 Å². The number of likely N-dealkylation sites (N-methyl/N-ethyl adjacent to an activating group) is 1. The number of rotatable bonds is 8. The molecular formula is C23H34N2O3. The Morgan fingerprint density at radius 2 is 1.93 bits per heavy atom. The molecule has 1 aromatic carbocycles. The van der Waals surface area contributed by atoms with E-state index in [9.17, 15) is 0 Å². The summed E-state index contributed by atoms with van der Waals surface area (Å²) in [7, 11) is 5.61. The zero-order chi connectivity index (χ0) is 20.1. The second-order valence-electron chi connectivity index (χ2n) is 7.90. The molecule has 0 spiro atoms. The fraction of sp³-hybridized carbons (Fsp3) is 0.565. The molecule has 5 heteroatoms. The summed E-state index contributed by atoms with van der Waals surface area (Å²) in [5, 5.41) is 0. The van der Waals surface area contributed by atoms with Crippen molar-refractivity contribution in [3.05, 3.63) is 46.9 Å². The molecule has 1 unspecified atom stereocenters. The van der Waals surface area contributed by atoms with Gasteiger partial charge in [0.15, 0.2) is 11.5 Å². The molecule has 154 valence electrons. The van der Waals surface area contributed by atoms with Crippen molar-refractivity contribution < 1.29 is 13.9 Å². The Morgan fingerprint density at radius 3 is 2.61 bits per heavy atom. The topological polar surface area (TPSA) is 38.1 Å². The van der Waals surface area contributed by atoms with Crippen molar-refractivity contribution in [2.24, 2.45) is 0 Å². The molecule has 0 saturated carbocycles. The van der Waals surface area contributed by atoms with Crippen molar-refractivity contribution in [3.63, 3.8) is 0 Å². The number of aryl methyl sites for hydroxylation is 2. The lowest BCUT2D eigenvalue weighted by Crippen LogP contribution is -2.46. The third kappa shape index (κ3) is 5.09. The Kier molecular flexibility index (Phi) is 7.03. The van der Waals surface area contributed by atoms with Crippen molar-refractivity contribution in [2.45, 2.75) is 45.7 Å². The SMILES string of the molecule is COc1ccc(CCN(C)C2CCCN(Cc3cc(C)c(C)o3)C2)cc1OC. The molecule has 1 aliphatic rings. The Bertz CT molecular complexity index is 752. The van der Waals surface area contributed by atoms with Gasteiger partial charge in [-0.3, -0.25) is 4.90 Å². The molecule has 5 nitrogen and oxygen atoms in total. The largest absolute Gasteiger partial charge is 0.493 e. The van der Waals surface area contributed by atoms with Crippen LogP contribution in [0, 0.1) is 13.8 Å². The van der Waals surface area contributed by atoms with Crippen molar-refractivity contribution in [1.82, 2.24) is 9.80 Å².